The van der Waals surface area contributed by atoms with Crippen LogP contribution in [0.25, 0.3) is 33.8 Å². The normalized spacial score (nSPS) is 12.1. The van der Waals surface area contributed by atoms with Crippen molar-refractivity contribution in [2.75, 3.05) is 0 Å². The Kier molecular flexibility index (Phi) is 6.17. The first kappa shape index (κ1) is 24.4. The standard InChI is InChI=1S/C27H21F6N2/c1-16-4-6-19(7-5-16)24-25(22-13-12-21(14-17(22)2)27(31,32)33)35(3)15-23(34-24)18-8-10-20(11-9-18)26(28,29)30/h4-15H,1-3H3/q+1. The van der Waals surface area contributed by atoms with Crippen molar-refractivity contribution >= 4 is 0 Å². The van der Waals surface area contributed by atoms with Crippen molar-refractivity contribution in [1.29, 1.82) is 0 Å². The fourth-order valence-corrected chi connectivity index (χ4v) is 3.92. The maximum absolute atomic E-state index is 13.2. The summed E-state index contributed by atoms with van der Waals surface area (Å²) < 4.78 is 80.4. The van der Waals surface area contributed by atoms with E-state index in [1.165, 1.54) is 18.2 Å². The summed E-state index contributed by atoms with van der Waals surface area (Å²) in [6.45, 7) is 3.53. The third kappa shape index (κ3) is 5.06. The van der Waals surface area contributed by atoms with Crippen LogP contribution in [0.15, 0.2) is 72.9 Å². The smallest absolute Gasteiger partial charge is 0.234 e. The molecule has 4 aromatic rings. The number of aromatic nitrogens is 2. The van der Waals surface area contributed by atoms with Crippen LogP contribution in [0.2, 0.25) is 0 Å². The predicted molar refractivity (Wildman–Crippen MR) is 121 cm³/mol. The van der Waals surface area contributed by atoms with Gasteiger partial charge in [0.1, 0.15) is 18.4 Å². The van der Waals surface area contributed by atoms with Crippen molar-refractivity contribution in [3.05, 3.63) is 95.2 Å². The second kappa shape index (κ2) is 8.83. The van der Waals surface area contributed by atoms with E-state index in [1.807, 2.05) is 31.2 Å². The molecule has 0 aliphatic heterocycles. The summed E-state index contributed by atoms with van der Waals surface area (Å²) in [5.74, 6) is 0. The summed E-state index contributed by atoms with van der Waals surface area (Å²) in [6.07, 6.45) is -7.25. The number of hydrogen-bond donors (Lipinski definition) is 0. The molecule has 35 heavy (non-hydrogen) atoms. The van der Waals surface area contributed by atoms with Crippen LogP contribution in [0, 0.1) is 13.8 Å². The van der Waals surface area contributed by atoms with Gasteiger partial charge in [-0.1, -0.05) is 42.0 Å². The number of rotatable bonds is 3. The molecule has 0 atom stereocenters. The van der Waals surface area contributed by atoms with E-state index in [9.17, 15) is 26.3 Å². The summed E-state index contributed by atoms with van der Waals surface area (Å²) in [6, 6.07) is 15.8. The Morgan fingerprint density at radius 2 is 1.23 bits per heavy atom. The van der Waals surface area contributed by atoms with Gasteiger partial charge in [-0.25, -0.2) is 4.98 Å². The van der Waals surface area contributed by atoms with Gasteiger partial charge in [0.25, 0.3) is 0 Å². The highest BCUT2D eigenvalue weighted by molar-refractivity contribution is 5.79. The molecule has 0 spiro atoms. The van der Waals surface area contributed by atoms with Gasteiger partial charge in [-0.05, 0) is 49.7 Å². The fraction of sp³-hybridized carbons (Fsp3) is 0.185. The minimum absolute atomic E-state index is 0.424. The lowest BCUT2D eigenvalue weighted by molar-refractivity contribution is -0.659. The molecule has 0 aliphatic carbocycles. The molecule has 180 valence electrons. The second-order valence-electron chi connectivity index (χ2n) is 8.40. The van der Waals surface area contributed by atoms with Gasteiger partial charge in [0.05, 0.1) is 16.7 Å². The van der Waals surface area contributed by atoms with Crippen LogP contribution in [0.3, 0.4) is 0 Å². The zero-order valence-electron chi connectivity index (χ0n) is 19.1. The summed E-state index contributed by atoms with van der Waals surface area (Å²) in [5, 5.41) is 0. The van der Waals surface area contributed by atoms with Crippen molar-refractivity contribution in [2.45, 2.75) is 26.2 Å². The molecule has 0 saturated carbocycles. The average molecular weight is 487 g/mol. The van der Waals surface area contributed by atoms with Gasteiger partial charge in [0.2, 0.25) is 5.69 Å². The second-order valence-corrected chi connectivity index (χ2v) is 8.40. The van der Waals surface area contributed by atoms with Gasteiger partial charge in [-0.3, -0.25) is 0 Å². The Labute approximate surface area is 198 Å². The average Bonchev–Trinajstić information content (AvgIpc) is 2.78. The third-order valence-electron chi connectivity index (χ3n) is 5.77. The molecule has 2 nitrogen and oxygen atoms in total. The first-order valence-corrected chi connectivity index (χ1v) is 10.7. The minimum Gasteiger partial charge on any atom is -0.234 e. The summed E-state index contributed by atoms with van der Waals surface area (Å²) in [4.78, 5) is 4.76. The van der Waals surface area contributed by atoms with Crippen LogP contribution in [0.5, 0.6) is 0 Å². The molecule has 0 saturated heterocycles. The zero-order valence-corrected chi connectivity index (χ0v) is 19.1. The lowest BCUT2D eigenvalue weighted by atomic mass is 9.97. The van der Waals surface area contributed by atoms with Crippen molar-refractivity contribution < 1.29 is 30.9 Å². The Hall–Kier alpha value is -3.68. The predicted octanol–water partition coefficient (Wildman–Crippen LogP) is 7.56. The largest absolute Gasteiger partial charge is 0.416 e. The Morgan fingerprint density at radius 3 is 1.77 bits per heavy atom. The minimum atomic E-state index is -4.46. The molecule has 0 radical (unpaired) electrons. The highest BCUT2D eigenvalue weighted by atomic mass is 19.4. The highest BCUT2D eigenvalue weighted by Crippen LogP contribution is 2.36. The molecule has 4 rings (SSSR count). The van der Waals surface area contributed by atoms with E-state index in [0.717, 1.165) is 35.4 Å². The lowest BCUT2D eigenvalue weighted by Gasteiger charge is -2.14. The van der Waals surface area contributed by atoms with Crippen LogP contribution in [-0.4, -0.2) is 4.98 Å². The molecular formula is C27H21F6N2+. The van der Waals surface area contributed by atoms with E-state index in [0.29, 0.717) is 33.8 Å². The molecule has 0 aliphatic rings. The quantitative estimate of drug-likeness (QED) is 0.215. The Balaban J connectivity index is 1.92. The topological polar surface area (TPSA) is 16.8 Å². The van der Waals surface area contributed by atoms with Crippen LogP contribution < -0.4 is 4.57 Å². The molecule has 0 unspecified atom stereocenters. The van der Waals surface area contributed by atoms with E-state index in [4.69, 9.17) is 4.98 Å². The van der Waals surface area contributed by atoms with Gasteiger partial charge in [0, 0.05) is 11.1 Å². The van der Waals surface area contributed by atoms with Gasteiger partial charge >= 0.3 is 12.4 Å². The van der Waals surface area contributed by atoms with Crippen molar-refractivity contribution in [2.24, 2.45) is 7.05 Å². The molecule has 1 heterocycles. The number of benzene rings is 3. The van der Waals surface area contributed by atoms with Crippen LogP contribution in [0.4, 0.5) is 26.3 Å². The fourth-order valence-electron chi connectivity index (χ4n) is 3.92. The maximum Gasteiger partial charge on any atom is 0.416 e. The number of aryl methyl sites for hydroxylation is 3. The summed E-state index contributed by atoms with van der Waals surface area (Å²) >= 11 is 0. The SMILES string of the molecule is Cc1ccc(-c2nc(-c3ccc(C(F)(F)F)cc3)c[n+](C)c2-c2ccc(C(F)(F)F)cc2C)cc1. The van der Waals surface area contributed by atoms with E-state index in [-0.39, 0.29) is 0 Å². The monoisotopic (exact) mass is 487 g/mol. The first-order valence-electron chi connectivity index (χ1n) is 10.7. The maximum atomic E-state index is 13.2. The molecule has 0 amide bonds. The molecule has 0 bridgehead atoms. The molecular weight excluding hydrogens is 466 g/mol. The number of hydrogen-bond acceptors (Lipinski definition) is 1. The lowest BCUT2D eigenvalue weighted by Crippen LogP contribution is -2.32. The molecule has 0 N–H and O–H groups in total. The van der Waals surface area contributed by atoms with Gasteiger partial charge < -0.3 is 0 Å². The summed E-state index contributed by atoms with van der Waals surface area (Å²) in [7, 11) is 1.74. The number of halogens is 6. The van der Waals surface area contributed by atoms with E-state index < -0.39 is 23.5 Å². The highest BCUT2D eigenvalue weighted by Gasteiger charge is 2.32. The molecule has 1 aromatic heterocycles. The third-order valence-corrected chi connectivity index (χ3v) is 5.77. The zero-order chi connectivity index (χ0) is 25.5. The van der Waals surface area contributed by atoms with Crippen LogP contribution in [-0.2, 0) is 19.4 Å². The van der Waals surface area contributed by atoms with Crippen molar-refractivity contribution in [3.63, 3.8) is 0 Å². The molecule has 3 aromatic carbocycles. The first-order chi connectivity index (χ1) is 16.3. The number of nitrogens with zero attached hydrogens (tertiary/aromatic N) is 2. The molecule has 8 heteroatoms. The van der Waals surface area contributed by atoms with Crippen molar-refractivity contribution in [1.82, 2.24) is 4.98 Å². The van der Waals surface area contributed by atoms with Gasteiger partial charge in [0.15, 0.2) is 6.20 Å². The van der Waals surface area contributed by atoms with E-state index in [2.05, 4.69) is 0 Å². The van der Waals surface area contributed by atoms with E-state index in [1.54, 1.807) is 24.7 Å². The Morgan fingerprint density at radius 1 is 0.686 bits per heavy atom. The summed E-state index contributed by atoms with van der Waals surface area (Å²) in [5.41, 5.74) is 3.26. The van der Waals surface area contributed by atoms with E-state index >= 15 is 0 Å². The number of alkyl halides is 6. The van der Waals surface area contributed by atoms with Crippen molar-refractivity contribution in [3.8, 4) is 33.8 Å². The van der Waals surface area contributed by atoms with Crippen LogP contribution in [0.1, 0.15) is 22.3 Å². The Bertz CT molecular complexity index is 1370. The van der Waals surface area contributed by atoms with Gasteiger partial charge in [-0.15, -0.1) is 0 Å². The van der Waals surface area contributed by atoms with Crippen LogP contribution >= 0.6 is 0 Å². The van der Waals surface area contributed by atoms with Gasteiger partial charge in [-0.2, -0.15) is 30.9 Å². The molecule has 0 fully saturated rings.